The molecule has 2 aliphatic rings. The molecule has 2 N–H and O–H groups in total. The lowest BCUT2D eigenvalue weighted by Crippen LogP contribution is -2.63. The van der Waals surface area contributed by atoms with Crippen LogP contribution in [-0.2, 0) is 23.9 Å². The van der Waals surface area contributed by atoms with Gasteiger partial charge in [-0.25, -0.2) is 9.59 Å². The second kappa shape index (κ2) is 10.9. The summed E-state index contributed by atoms with van der Waals surface area (Å²) in [6.07, 6.45) is -2.37. The van der Waals surface area contributed by atoms with Crippen molar-refractivity contribution in [1.82, 2.24) is 9.80 Å². The number of ether oxygens (including phenoxy) is 2. The van der Waals surface area contributed by atoms with E-state index in [9.17, 15) is 29.4 Å². The van der Waals surface area contributed by atoms with Gasteiger partial charge in [0.25, 0.3) is 0 Å². The summed E-state index contributed by atoms with van der Waals surface area (Å²) in [6.45, 7) is 6.25. The van der Waals surface area contributed by atoms with Gasteiger partial charge < -0.3 is 29.5 Å². The lowest BCUT2D eigenvalue weighted by atomic mass is 9.86. The number of piperidine rings is 1. The Labute approximate surface area is 204 Å². The summed E-state index contributed by atoms with van der Waals surface area (Å²) in [6, 6.07) is 8.36. The molecule has 2 fully saturated rings. The molecule has 2 heterocycles. The molecule has 1 aromatic carbocycles. The topological polar surface area (TPSA) is 137 Å². The zero-order valence-electron chi connectivity index (χ0n) is 20.3. The van der Waals surface area contributed by atoms with E-state index in [1.165, 1.54) is 4.90 Å². The second-order valence-corrected chi connectivity index (χ2v) is 9.73. The van der Waals surface area contributed by atoms with Gasteiger partial charge in [0.1, 0.15) is 18.2 Å². The van der Waals surface area contributed by atoms with E-state index in [0.717, 1.165) is 10.6 Å². The normalized spacial score (nSPS) is 23.1. The maximum atomic E-state index is 13.4. The summed E-state index contributed by atoms with van der Waals surface area (Å²) in [5.41, 5.74) is 0.309. The van der Waals surface area contributed by atoms with Gasteiger partial charge in [0, 0.05) is 31.9 Å². The summed E-state index contributed by atoms with van der Waals surface area (Å²) in [7, 11) is 0. The van der Waals surface area contributed by atoms with Crippen LogP contribution in [0, 0.1) is 5.92 Å². The van der Waals surface area contributed by atoms with Crippen LogP contribution in [0.5, 0.6) is 0 Å². The first-order valence-electron chi connectivity index (χ1n) is 11.6. The zero-order chi connectivity index (χ0) is 25.8. The zero-order valence-corrected chi connectivity index (χ0v) is 20.3. The third-order valence-corrected chi connectivity index (χ3v) is 6.02. The molecular formula is C24H33N3O8. The number of para-hydroxylation sites is 1. The molecule has 3 rings (SSSR count). The number of carboxylic acids is 1. The average Bonchev–Trinajstić information content (AvgIpc) is 2.81. The summed E-state index contributed by atoms with van der Waals surface area (Å²) in [5, 5.41) is 19.6. The molecule has 0 radical (unpaired) electrons. The minimum atomic E-state index is -1.41. The van der Waals surface area contributed by atoms with Gasteiger partial charge in [-0.05, 0) is 39.3 Å². The number of carbonyl (C=O) groups is 4. The molecule has 3 atom stereocenters. The van der Waals surface area contributed by atoms with Gasteiger partial charge in [0.15, 0.2) is 0 Å². The van der Waals surface area contributed by atoms with Crippen molar-refractivity contribution in [3.05, 3.63) is 30.3 Å². The van der Waals surface area contributed by atoms with Crippen molar-refractivity contribution in [2.45, 2.75) is 44.9 Å². The number of hydrogen-bond acceptors (Lipinski definition) is 7. The fraction of sp³-hybridized carbons (Fsp3) is 0.583. The van der Waals surface area contributed by atoms with Gasteiger partial charge in [-0.15, -0.1) is 0 Å². The smallest absolute Gasteiger partial charge is 0.408 e. The first-order chi connectivity index (χ1) is 16.5. The molecule has 0 spiro atoms. The number of esters is 1. The second-order valence-electron chi connectivity index (χ2n) is 9.73. The Hall–Kier alpha value is -3.34. The molecule has 0 unspecified atom stereocenters. The molecule has 0 bridgehead atoms. The summed E-state index contributed by atoms with van der Waals surface area (Å²) in [4.78, 5) is 54.0. The number of benzene rings is 1. The number of anilines is 1. The molecule has 35 heavy (non-hydrogen) atoms. The van der Waals surface area contributed by atoms with Crippen LogP contribution in [0.15, 0.2) is 30.3 Å². The molecular weight excluding hydrogens is 458 g/mol. The van der Waals surface area contributed by atoms with Crippen LogP contribution in [0.4, 0.5) is 10.5 Å². The quantitative estimate of drug-likeness (QED) is 0.567. The number of amides is 2. The van der Waals surface area contributed by atoms with Gasteiger partial charge in [-0.1, -0.05) is 18.2 Å². The highest BCUT2D eigenvalue weighted by molar-refractivity contribution is 5.91. The average molecular weight is 492 g/mol. The number of nitrogens with zero attached hydrogens (tertiary/aromatic N) is 3. The number of carbonyl (C=O) groups excluding carboxylic acids is 2. The SMILES string of the molecule is CC(C)(C)OC(=O)CO[C@H]1C[C@H](C(=O)O)[C@@H](C(=O)N2CCN(c3ccccc3)CC2)N(C(=O)O)C1. The number of rotatable bonds is 6. The Balaban J connectivity index is 1.67. The minimum absolute atomic E-state index is 0.0949. The first kappa shape index (κ1) is 26.3. The number of hydrogen-bond donors (Lipinski definition) is 2. The van der Waals surface area contributed by atoms with E-state index >= 15 is 0 Å². The van der Waals surface area contributed by atoms with Crippen LogP contribution in [0.25, 0.3) is 0 Å². The summed E-state index contributed by atoms with van der Waals surface area (Å²) >= 11 is 0. The Morgan fingerprint density at radius 1 is 1.00 bits per heavy atom. The third-order valence-electron chi connectivity index (χ3n) is 6.02. The van der Waals surface area contributed by atoms with E-state index in [-0.39, 0.29) is 13.0 Å². The van der Waals surface area contributed by atoms with E-state index < -0.39 is 54.2 Å². The molecule has 0 aliphatic carbocycles. The molecule has 2 aliphatic heterocycles. The van der Waals surface area contributed by atoms with E-state index in [1.807, 2.05) is 30.3 Å². The van der Waals surface area contributed by atoms with E-state index in [4.69, 9.17) is 9.47 Å². The standard InChI is InChI=1S/C24H33N3O8/c1-24(2,3)35-19(28)15-34-17-13-18(22(30)31)20(27(14-17)23(32)33)21(29)26-11-9-25(10-12-26)16-7-5-4-6-8-16/h4-8,17-18,20H,9-15H2,1-3H3,(H,30,31)(H,32,33)/t17-,18-,20-/m0/s1. The predicted octanol–water partition coefficient (Wildman–Crippen LogP) is 1.52. The summed E-state index contributed by atoms with van der Waals surface area (Å²) < 4.78 is 10.7. The molecule has 2 amide bonds. The maximum absolute atomic E-state index is 13.4. The number of carboxylic acid groups (broad SMARTS) is 2. The van der Waals surface area contributed by atoms with Crippen LogP contribution >= 0.6 is 0 Å². The summed E-state index contributed by atoms with van der Waals surface area (Å²) in [5.74, 6) is -3.76. The Kier molecular flexibility index (Phi) is 8.21. The highest BCUT2D eigenvalue weighted by atomic mass is 16.6. The molecule has 1 aromatic rings. The molecule has 0 aromatic heterocycles. The fourth-order valence-corrected chi connectivity index (χ4v) is 4.46. The Bertz CT molecular complexity index is 900. The fourth-order valence-electron chi connectivity index (χ4n) is 4.46. The predicted molar refractivity (Wildman–Crippen MR) is 125 cm³/mol. The molecule has 192 valence electrons. The van der Waals surface area contributed by atoms with Crippen LogP contribution in [0.3, 0.4) is 0 Å². The van der Waals surface area contributed by atoms with Gasteiger partial charge in [0.2, 0.25) is 5.91 Å². The third kappa shape index (κ3) is 6.84. The van der Waals surface area contributed by atoms with Gasteiger partial charge in [0.05, 0.1) is 18.6 Å². The van der Waals surface area contributed by atoms with E-state index in [1.54, 1.807) is 20.8 Å². The van der Waals surface area contributed by atoms with Crippen molar-refractivity contribution in [3.8, 4) is 0 Å². The van der Waals surface area contributed by atoms with Crippen LogP contribution < -0.4 is 4.90 Å². The number of aliphatic carboxylic acids is 1. The van der Waals surface area contributed by atoms with Crippen molar-refractivity contribution in [3.63, 3.8) is 0 Å². The van der Waals surface area contributed by atoms with Gasteiger partial charge in [-0.2, -0.15) is 0 Å². The Morgan fingerprint density at radius 3 is 2.17 bits per heavy atom. The first-order valence-corrected chi connectivity index (χ1v) is 11.6. The van der Waals surface area contributed by atoms with Crippen molar-refractivity contribution < 1.29 is 38.9 Å². The highest BCUT2D eigenvalue weighted by Gasteiger charge is 2.48. The highest BCUT2D eigenvalue weighted by Crippen LogP contribution is 2.29. The Morgan fingerprint density at radius 2 is 1.63 bits per heavy atom. The van der Waals surface area contributed by atoms with Crippen LogP contribution in [-0.4, -0.2) is 101 Å². The maximum Gasteiger partial charge on any atom is 0.408 e. The van der Waals surface area contributed by atoms with Crippen molar-refractivity contribution >= 4 is 29.6 Å². The van der Waals surface area contributed by atoms with E-state index in [0.29, 0.717) is 26.2 Å². The number of piperazine rings is 1. The van der Waals surface area contributed by atoms with E-state index in [2.05, 4.69) is 4.90 Å². The van der Waals surface area contributed by atoms with Crippen LogP contribution in [0.1, 0.15) is 27.2 Å². The molecule has 2 saturated heterocycles. The van der Waals surface area contributed by atoms with Crippen LogP contribution in [0.2, 0.25) is 0 Å². The number of likely N-dealkylation sites (tertiary alicyclic amines) is 1. The monoisotopic (exact) mass is 491 g/mol. The largest absolute Gasteiger partial charge is 0.481 e. The van der Waals surface area contributed by atoms with Crippen molar-refractivity contribution in [1.29, 1.82) is 0 Å². The van der Waals surface area contributed by atoms with Gasteiger partial charge >= 0.3 is 18.0 Å². The lowest BCUT2D eigenvalue weighted by molar-refractivity contribution is -0.167. The van der Waals surface area contributed by atoms with Gasteiger partial charge in [-0.3, -0.25) is 14.5 Å². The minimum Gasteiger partial charge on any atom is -0.481 e. The molecule has 11 nitrogen and oxygen atoms in total. The van der Waals surface area contributed by atoms with Crippen molar-refractivity contribution in [2.24, 2.45) is 5.92 Å². The molecule has 11 heteroatoms. The lowest BCUT2D eigenvalue weighted by Gasteiger charge is -2.44. The molecule has 0 saturated carbocycles. The van der Waals surface area contributed by atoms with Crippen molar-refractivity contribution in [2.75, 3.05) is 44.2 Å².